The van der Waals surface area contributed by atoms with Crippen LogP contribution in [-0.4, -0.2) is 13.1 Å². The summed E-state index contributed by atoms with van der Waals surface area (Å²) in [5.41, 5.74) is 1.77. The number of unbranched alkanes of at least 4 members (excludes halogenated alkanes) is 9. The molecule has 3 nitrogen and oxygen atoms in total. The van der Waals surface area contributed by atoms with Crippen LogP contribution < -0.4 is 0 Å². The molecule has 0 saturated heterocycles. The van der Waals surface area contributed by atoms with E-state index >= 15 is 0 Å². The Morgan fingerprint density at radius 3 is 2.00 bits per heavy atom. The molecule has 0 saturated carbocycles. The highest BCUT2D eigenvalue weighted by Gasteiger charge is 2.32. The molecule has 2 atom stereocenters. The second-order valence-electron chi connectivity index (χ2n) is 10.7. The highest BCUT2D eigenvalue weighted by molar-refractivity contribution is 6.30. The van der Waals surface area contributed by atoms with Gasteiger partial charge in [0.25, 0.3) is 0 Å². The predicted octanol–water partition coefficient (Wildman–Crippen LogP) is 11.3. The van der Waals surface area contributed by atoms with Gasteiger partial charge in [0.05, 0.1) is 17.5 Å². The van der Waals surface area contributed by atoms with Gasteiger partial charge in [-0.15, -0.1) is 0 Å². The van der Waals surface area contributed by atoms with Crippen molar-refractivity contribution in [3.8, 4) is 6.07 Å². The Balaban J connectivity index is 1.91. The predicted molar refractivity (Wildman–Crippen MR) is 163 cm³/mol. The Kier molecular flexibility index (Phi) is 16.3. The number of nitrogens with zero attached hydrogens (tertiary/aromatic N) is 3. The van der Waals surface area contributed by atoms with Gasteiger partial charge in [-0.05, 0) is 73.9 Å². The third-order valence-corrected chi connectivity index (χ3v) is 8.09. The zero-order chi connectivity index (χ0) is 27.5. The standard InChI is InChI=1S/C33H47Cl2N3/c1-3-4-5-6-7-8-9-10-11-12-23-33(27-36,29-17-14-19-31(35)26-29)24-15-20-32(38-37-2)22-21-28-16-13-18-30(34)25-28/h13-14,16-19,25-26,32H,3-12,15,20-24H2,1-2H3. The van der Waals surface area contributed by atoms with Gasteiger partial charge >= 0.3 is 0 Å². The molecule has 0 fully saturated rings. The Hall–Kier alpha value is -1.89. The molecule has 0 aliphatic heterocycles. The van der Waals surface area contributed by atoms with Crippen LogP contribution in [-0.2, 0) is 11.8 Å². The van der Waals surface area contributed by atoms with Crippen molar-refractivity contribution in [3.63, 3.8) is 0 Å². The fourth-order valence-corrected chi connectivity index (χ4v) is 5.78. The van der Waals surface area contributed by atoms with E-state index in [1.807, 2.05) is 36.4 Å². The molecule has 2 aromatic carbocycles. The van der Waals surface area contributed by atoms with Gasteiger partial charge < -0.3 is 0 Å². The number of nitriles is 1. The van der Waals surface area contributed by atoms with Crippen LogP contribution in [0.15, 0.2) is 58.8 Å². The topological polar surface area (TPSA) is 48.5 Å². The smallest absolute Gasteiger partial charge is 0.0823 e. The molecule has 0 heterocycles. The van der Waals surface area contributed by atoms with Crippen molar-refractivity contribution in [2.24, 2.45) is 10.2 Å². The Labute approximate surface area is 242 Å². The number of hydrogen-bond acceptors (Lipinski definition) is 3. The van der Waals surface area contributed by atoms with Crippen LogP contribution in [0.25, 0.3) is 0 Å². The lowest BCUT2D eigenvalue weighted by molar-refractivity contribution is 0.400. The molecule has 0 aliphatic rings. The van der Waals surface area contributed by atoms with Crippen LogP contribution in [0.2, 0.25) is 10.0 Å². The summed E-state index contributed by atoms with van der Waals surface area (Å²) in [4.78, 5) is 0. The first-order valence-corrected chi connectivity index (χ1v) is 15.5. The van der Waals surface area contributed by atoms with Gasteiger partial charge in [0, 0.05) is 17.1 Å². The van der Waals surface area contributed by atoms with E-state index < -0.39 is 5.41 Å². The van der Waals surface area contributed by atoms with Gasteiger partial charge in [0.15, 0.2) is 0 Å². The lowest BCUT2D eigenvalue weighted by atomic mass is 9.73. The minimum Gasteiger partial charge on any atom is -0.197 e. The molecule has 0 aliphatic carbocycles. The van der Waals surface area contributed by atoms with Crippen LogP contribution in [0, 0.1) is 11.3 Å². The van der Waals surface area contributed by atoms with E-state index in [-0.39, 0.29) is 6.04 Å². The quantitative estimate of drug-likeness (QED) is 0.118. The highest BCUT2D eigenvalue weighted by Crippen LogP contribution is 2.37. The molecule has 0 spiro atoms. The van der Waals surface area contributed by atoms with Crippen LogP contribution >= 0.6 is 23.2 Å². The maximum atomic E-state index is 10.5. The number of hydrogen-bond donors (Lipinski definition) is 0. The van der Waals surface area contributed by atoms with E-state index in [1.54, 1.807) is 7.05 Å². The number of benzene rings is 2. The highest BCUT2D eigenvalue weighted by atomic mass is 35.5. The Bertz CT molecular complexity index is 984. The van der Waals surface area contributed by atoms with Crippen molar-refractivity contribution in [2.75, 3.05) is 7.05 Å². The zero-order valence-electron chi connectivity index (χ0n) is 23.6. The molecule has 0 N–H and O–H groups in total. The van der Waals surface area contributed by atoms with Gasteiger partial charge in [0.1, 0.15) is 0 Å². The molecule has 5 heteroatoms. The van der Waals surface area contributed by atoms with Crippen molar-refractivity contribution in [1.29, 1.82) is 5.26 Å². The summed E-state index contributed by atoms with van der Waals surface area (Å²) < 4.78 is 0. The maximum absolute atomic E-state index is 10.5. The van der Waals surface area contributed by atoms with Gasteiger partial charge in [-0.1, -0.05) is 119 Å². The maximum Gasteiger partial charge on any atom is 0.0823 e. The summed E-state index contributed by atoms with van der Waals surface area (Å²) in [6.45, 7) is 2.27. The van der Waals surface area contributed by atoms with Crippen molar-refractivity contribution in [2.45, 2.75) is 121 Å². The lowest BCUT2D eigenvalue weighted by Gasteiger charge is -2.28. The van der Waals surface area contributed by atoms with Crippen molar-refractivity contribution >= 4 is 23.2 Å². The SMILES string of the molecule is CCCCCCCCCCCCC(C#N)(CCCC(CCc1cccc(Cl)c1)N=NC)c1cccc(Cl)c1. The largest absolute Gasteiger partial charge is 0.197 e. The number of aryl methyl sites for hydroxylation is 1. The molecule has 0 radical (unpaired) electrons. The average Bonchev–Trinajstić information content (AvgIpc) is 2.92. The lowest BCUT2D eigenvalue weighted by Crippen LogP contribution is -2.25. The zero-order valence-corrected chi connectivity index (χ0v) is 25.1. The van der Waals surface area contributed by atoms with Gasteiger partial charge in [0.2, 0.25) is 0 Å². The van der Waals surface area contributed by atoms with Crippen LogP contribution in [0.4, 0.5) is 0 Å². The Morgan fingerprint density at radius 2 is 1.39 bits per heavy atom. The molecule has 2 unspecified atom stereocenters. The summed E-state index contributed by atoms with van der Waals surface area (Å²) in [6, 6.07) is 18.8. The second kappa shape index (κ2) is 19.2. The summed E-state index contributed by atoms with van der Waals surface area (Å²) in [6.07, 6.45) is 18.3. The van der Waals surface area contributed by atoms with E-state index in [1.165, 1.54) is 63.4 Å². The molecule has 2 aromatic rings. The molecule has 0 bridgehead atoms. The van der Waals surface area contributed by atoms with Crippen LogP contribution in [0.3, 0.4) is 0 Å². The van der Waals surface area contributed by atoms with Crippen molar-refractivity contribution in [3.05, 3.63) is 69.7 Å². The monoisotopic (exact) mass is 555 g/mol. The first-order valence-electron chi connectivity index (χ1n) is 14.7. The van der Waals surface area contributed by atoms with Gasteiger partial charge in [-0.25, -0.2) is 0 Å². The number of rotatable bonds is 20. The van der Waals surface area contributed by atoms with Crippen LogP contribution in [0.1, 0.15) is 114 Å². The molecular formula is C33H47Cl2N3. The summed E-state index contributed by atoms with van der Waals surface area (Å²) in [5.74, 6) is 0. The van der Waals surface area contributed by atoms with E-state index in [2.05, 4.69) is 35.4 Å². The van der Waals surface area contributed by atoms with E-state index in [4.69, 9.17) is 23.2 Å². The minimum atomic E-state index is -0.508. The molecule has 2 rings (SSSR count). The van der Waals surface area contributed by atoms with Gasteiger partial charge in [-0.3, -0.25) is 0 Å². The fraction of sp³-hybridized carbons (Fsp3) is 0.606. The fourth-order valence-electron chi connectivity index (χ4n) is 5.38. The van der Waals surface area contributed by atoms with Crippen molar-refractivity contribution < 1.29 is 0 Å². The number of halogens is 2. The first-order chi connectivity index (χ1) is 18.5. The molecule has 208 valence electrons. The van der Waals surface area contributed by atoms with Gasteiger partial charge in [-0.2, -0.15) is 15.5 Å². The third-order valence-electron chi connectivity index (χ3n) is 7.62. The Morgan fingerprint density at radius 1 is 0.789 bits per heavy atom. The average molecular weight is 557 g/mol. The van der Waals surface area contributed by atoms with Crippen LogP contribution in [0.5, 0.6) is 0 Å². The molecule has 38 heavy (non-hydrogen) atoms. The van der Waals surface area contributed by atoms with E-state index in [9.17, 15) is 5.26 Å². The summed E-state index contributed by atoms with van der Waals surface area (Å²) >= 11 is 12.5. The molecular weight excluding hydrogens is 509 g/mol. The first kappa shape index (κ1) is 32.3. The summed E-state index contributed by atoms with van der Waals surface area (Å²) in [5, 5.41) is 20.5. The normalized spacial score (nSPS) is 13.9. The minimum absolute atomic E-state index is 0.145. The molecule has 0 aromatic heterocycles. The van der Waals surface area contributed by atoms with E-state index in [0.29, 0.717) is 5.02 Å². The van der Waals surface area contributed by atoms with E-state index in [0.717, 1.165) is 55.5 Å². The number of azo groups is 1. The second-order valence-corrected chi connectivity index (χ2v) is 11.5. The van der Waals surface area contributed by atoms with Crippen molar-refractivity contribution in [1.82, 2.24) is 0 Å². The third kappa shape index (κ3) is 12.3. The summed E-state index contributed by atoms with van der Waals surface area (Å²) in [7, 11) is 1.74. The molecule has 0 amide bonds.